The van der Waals surface area contributed by atoms with Crippen LogP contribution < -0.4 is 5.32 Å². The van der Waals surface area contributed by atoms with Crippen molar-refractivity contribution in [3.63, 3.8) is 0 Å². The lowest BCUT2D eigenvalue weighted by molar-refractivity contribution is -0.162. The van der Waals surface area contributed by atoms with Crippen LogP contribution in [0, 0.1) is 5.41 Å². The monoisotopic (exact) mass is 316 g/mol. The molecular formula is C19H28N2O2. The minimum absolute atomic E-state index is 0.0182. The van der Waals surface area contributed by atoms with E-state index in [-0.39, 0.29) is 17.2 Å². The Kier molecular flexibility index (Phi) is 4.83. The van der Waals surface area contributed by atoms with Gasteiger partial charge < -0.3 is 10.2 Å². The summed E-state index contributed by atoms with van der Waals surface area (Å²) in [4.78, 5) is 27.8. The third-order valence-corrected chi connectivity index (χ3v) is 4.95. The van der Waals surface area contributed by atoms with E-state index in [0.717, 1.165) is 5.56 Å². The molecule has 0 saturated carbocycles. The lowest BCUT2D eigenvalue weighted by atomic mass is 9.79. The molecule has 1 aliphatic heterocycles. The Bertz CT molecular complexity index is 571. The molecule has 1 unspecified atom stereocenters. The molecule has 1 saturated heterocycles. The second-order valence-corrected chi connectivity index (χ2v) is 7.42. The Balaban J connectivity index is 2.44. The van der Waals surface area contributed by atoms with Crippen molar-refractivity contribution in [1.29, 1.82) is 0 Å². The SMILES string of the molecule is CCC1(CC)C(=O)NC(C(C)(C)C)C(=O)N1Cc1ccccc1. The van der Waals surface area contributed by atoms with Crippen LogP contribution in [-0.4, -0.2) is 28.3 Å². The number of nitrogens with zero attached hydrogens (tertiary/aromatic N) is 1. The highest BCUT2D eigenvalue weighted by Gasteiger charge is 2.52. The Labute approximate surface area is 139 Å². The van der Waals surface area contributed by atoms with E-state index in [2.05, 4.69) is 5.32 Å². The fourth-order valence-corrected chi connectivity index (χ4v) is 3.35. The number of hydrogen-bond acceptors (Lipinski definition) is 2. The van der Waals surface area contributed by atoms with Gasteiger partial charge in [-0.3, -0.25) is 9.59 Å². The van der Waals surface area contributed by atoms with Crippen molar-refractivity contribution in [1.82, 2.24) is 10.2 Å². The minimum Gasteiger partial charge on any atom is -0.342 e. The van der Waals surface area contributed by atoms with Crippen molar-refractivity contribution < 1.29 is 9.59 Å². The van der Waals surface area contributed by atoms with E-state index in [1.165, 1.54) is 0 Å². The van der Waals surface area contributed by atoms with Gasteiger partial charge in [0, 0.05) is 6.54 Å². The van der Waals surface area contributed by atoms with Crippen molar-refractivity contribution in [3.8, 4) is 0 Å². The van der Waals surface area contributed by atoms with Crippen molar-refractivity contribution in [2.75, 3.05) is 0 Å². The molecule has 23 heavy (non-hydrogen) atoms. The van der Waals surface area contributed by atoms with Gasteiger partial charge >= 0.3 is 0 Å². The summed E-state index contributed by atoms with van der Waals surface area (Å²) >= 11 is 0. The number of amides is 2. The first-order valence-electron chi connectivity index (χ1n) is 8.42. The predicted molar refractivity (Wildman–Crippen MR) is 91.7 cm³/mol. The number of carbonyl (C=O) groups is 2. The second kappa shape index (κ2) is 6.34. The third-order valence-electron chi connectivity index (χ3n) is 4.95. The van der Waals surface area contributed by atoms with Crippen molar-refractivity contribution >= 4 is 11.8 Å². The number of piperazine rings is 1. The molecule has 2 rings (SSSR count). The summed E-state index contributed by atoms with van der Waals surface area (Å²) in [6, 6.07) is 9.41. The van der Waals surface area contributed by atoms with Gasteiger partial charge in [-0.2, -0.15) is 0 Å². The van der Waals surface area contributed by atoms with Gasteiger partial charge in [0.1, 0.15) is 11.6 Å². The highest BCUT2D eigenvalue weighted by Crippen LogP contribution is 2.34. The van der Waals surface area contributed by atoms with Gasteiger partial charge in [0.2, 0.25) is 11.8 Å². The summed E-state index contributed by atoms with van der Waals surface area (Å²) in [5.74, 6) is -0.0115. The van der Waals surface area contributed by atoms with Crippen LogP contribution in [0.25, 0.3) is 0 Å². The molecular weight excluding hydrogens is 288 g/mol. The van der Waals surface area contributed by atoms with Gasteiger partial charge in [-0.05, 0) is 23.8 Å². The van der Waals surface area contributed by atoms with Gasteiger partial charge in [0.25, 0.3) is 0 Å². The first-order chi connectivity index (χ1) is 10.8. The molecule has 1 atom stereocenters. The average Bonchev–Trinajstić information content (AvgIpc) is 2.51. The molecule has 0 radical (unpaired) electrons. The minimum atomic E-state index is -0.755. The van der Waals surface area contributed by atoms with E-state index in [1.54, 1.807) is 4.90 Å². The molecule has 0 bridgehead atoms. The summed E-state index contributed by atoms with van der Waals surface area (Å²) in [6.45, 7) is 10.4. The summed E-state index contributed by atoms with van der Waals surface area (Å²) < 4.78 is 0. The van der Waals surface area contributed by atoms with E-state index >= 15 is 0 Å². The van der Waals surface area contributed by atoms with E-state index in [4.69, 9.17) is 0 Å². The van der Waals surface area contributed by atoms with Crippen LogP contribution in [0.5, 0.6) is 0 Å². The van der Waals surface area contributed by atoms with Crippen LogP contribution in [0.1, 0.15) is 53.0 Å². The molecule has 1 N–H and O–H groups in total. The zero-order valence-electron chi connectivity index (χ0n) is 14.8. The van der Waals surface area contributed by atoms with Gasteiger partial charge in [0.15, 0.2) is 0 Å². The molecule has 4 nitrogen and oxygen atoms in total. The largest absolute Gasteiger partial charge is 0.342 e. The second-order valence-electron chi connectivity index (χ2n) is 7.42. The molecule has 2 amide bonds. The Morgan fingerprint density at radius 1 is 1.09 bits per heavy atom. The maximum absolute atomic E-state index is 13.2. The lowest BCUT2D eigenvalue weighted by Gasteiger charge is -2.50. The van der Waals surface area contributed by atoms with Gasteiger partial charge in [0.05, 0.1) is 0 Å². The molecule has 1 fully saturated rings. The number of rotatable bonds is 4. The molecule has 4 heteroatoms. The first-order valence-corrected chi connectivity index (χ1v) is 8.42. The smallest absolute Gasteiger partial charge is 0.246 e. The number of nitrogens with one attached hydrogen (secondary N) is 1. The molecule has 1 aromatic carbocycles. The summed E-state index contributed by atoms with van der Waals surface area (Å²) in [7, 11) is 0. The summed E-state index contributed by atoms with van der Waals surface area (Å²) in [5, 5.41) is 2.98. The van der Waals surface area contributed by atoms with E-state index in [0.29, 0.717) is 19.4 Å². The van der Waals surface area contributed by atoms with Crippen LogP contribution in [0.4, 0.5) is 0 Å². The van der Waals surface area contributed by atoms with E-state index in [1.807, 2.05) is 65.0 Å². The van der Waals surface area contributed by atoms with Crippen LogP contribution in [0.15, 0.2) is 30.3 Å². The van der Waals surface area contributed by atoms with Gasteiger partial charge in [-0.15, -0.1) is 0 Å². The molecule has 0 aromatic heterocycles. The fourth-order valence-electron chi connectivity index (χ4n) is 3.35. The predicted octanol–water partition coefficient (Wildman–Crippen LogP) is 3.12. The zero-order chi connectivity index (χ0) is 17.3. The van der Waals surface area contributed by atoms with E-state index < -0.39 is 11.6 Å². The third kappa shape index (κ3) is 3.12. The molecule has 1 aromatic rings. The molecule has 0 aliphatic carbocycles. The van der Waals surface area contributed by atoms with Gasteiger partial charge in [-0.1, -0.05) is 65.0 Å². The van der Waals surface area contributed by atoms with Crippen LogP contribution in [0.3, 0.4) is 0 Å². The number of hydrogen-bond donors (Lipinski definition) is 1. The van der Waals surface area contributed by atoms with Crippen LogP contribution in [-0.2, 0) is 16.1 Å². The van der Waals surface area contributed by atoms with Crippen LogP contribution in [0.2, 0.25) is 0 Å². The van der Waals surface area contributed by atoms with Crippen LogP contribution >= 0.6 is 0 Å². The van der Waals surface area contributed by atoms with Gasteiger partial charge in [-0.25, -0.2) is 0 Å². The fraction of sp³-hybridized carbons (Fsp3) is 0.579. The van der Waals surface area contributed by atoms with Crippen molar-refractivity contribution in [2.45, 2.75) is 65.6 Å². The normalized spacial score (nSPS) is 21.3. The highest BCUT2D eigenvalue weighted by molar-refractivity contribution is 6.00. The Morgan fingerprint density at radius 3 is 2.13 bits per heavy atom. The molecule has 126 valence electrons. The Hall–Kier alpha value is -1.84. The van der Waals surface area contributed by atoms with E-state index in [9.17, 15) is 9.59 Å². The Morgan fingerprint density at radius 2 is 1.65 bits per heavy atom. The summed E-state index contributed by atoms with van der Waals surface area (Å²) in [6.07, 6.45) is 1.23. The molecule has 1 heterocycles. The standard InChI is InChI=1S/C19H28N2O2/c1-6-19(7-2)17(23)20-15(18(3,4)5)16(22)21(19)13-14-11-9-8-10-12-14/h8-12,15H,6-7,13H2,1-5H3,(H,20,23). The molecule has 0 spiro atoms. The number of carbonyl (C=O) groups excluding carboxylic acids is 2. The molecule has 1 aliphatic rings. The van der Waals surface area contributed by atoms with Crippen molar-refractivity contribution in [2.24, 2.45) is 5.41 Å². The summed E-state index contributed by atoms with van der Waals surface area (Å²) in [5.41, 5.74) is -0.0150. The maximum Gasteiger partial charge on any atom is 0.246 e. The average molecular weight is 316 g/mol. The highest BCUT2D eigenvalue weighted by atomic mass is 16.2. The quantitative estimate of drug-likeness (QED) is 0.928. The lowest BCUT2D eigenvalue weighted by Crippen LogP contribution is -2.72. The first kappa shape index (κ1) is 17.5. The maximum atomic E-state index is 13.2. The zero-order valence-corrected chi connectivity index (χ0v) is 14.8. The number of benzene rings is 1. The van der Waals surface area contributed by atoms with Crippen molar-refractivity contribution in [3.05, 3.63) is 35.9 Å². The topological polar surface area (TPSA) is 49.4 Å².